The Morgan fingerprint density at radius 3 is 1.43 bits per heavy atom. The number of alkyl carbamates (subject to hydrolysis) is 1. The van der Waals surface area contributed by atoms with Crippen LogP contribution in [0.5, 0.6) is 0 Å². The molecule has 5 amide bonds. The van der Waals surface area contributed by atoms with Crippen molar-refractivity contribution in [2.45, 2.75) is 263 Å². The zero-order valence-electron chi connectivity index (χ0n) is 43.4. The molecule has 5 atom stereocenters. The van der Waals surface area contributed by atoms with Crippen molar-refractivity contribution >= 4 is 29.7 Å². The zero-order valence-corrected chi connectivity index (χ0v) is 43.4. The summed E-state index contributed by atoms with van der Waals surface area (Å²) in [5.41, 5.74) is -0.748. The van der Waals surface area contributed by atoms with Gasteiger partial charge in [-0.05, 0) is 59.3 Å². The first kappa shape index (κ1) is 62.7. The highest BCUT2D eigenvalue weighted by Gasteiger charge is 2.48. The first-order valence-electron chi connectivity index (χ1n) is 27.1. The Morgan fingerprint density at radius 2 is 0.971 bits per heavy atom. The molecule has 0 aliphatic carbocycles. The summed E-state index contributed by atoms with van der Waals surface area (Å²) in [6, 6.07) is -1.27. The quantitative estimate of drug-likeness (QED) is 0.0228. The van der Waals surface area contributed by atoms with Gasteiger partial charge in [-0.15, -0.1) is 0 Å². The van der Waals surface area contributed by atoms with E-state index in [0.29, 0.717) is 19.4 Å². The molecule has 0 aromatic rings. The number of aliphatic hydroxyl groups excluding tert-OH is 3. The lowest BCUT2D eigenvalue weighted by molar-refractivity contribution is -0.231. The van der Waals surface area contributed by atoms with Gasteiger partial charge in [-0.3, -0.25) is 19.2 Å². The predicted octanol–water partition coefficient (Wildman–Crippen LogP) is 8.79. The second-order valence-electron chi connectivity index (χ2n) is 20.0. The van der Waals surface area contributed by atoms with E-state index in [2.05, 4.69) is 47.3 Å². The Morgan fingerprint density at radius 1 is 0.559 bits per heavy atom. The second-order valence-corrected chi connectivity index (χ2v) is 20.0. The van der Waals surface area contributed by atoms with Crippen LogP contribution < -0.4 is 21.3 Å². The molecule has 1 heterocycles. The number of unbranched alkanes of at least 4 members (excludes halogenated alkanes) is 26. The monoisotopic (exact) mass is 966 g/mol. The Hall–Kier alpha value is -3.27. The van der Waals surface area contributed by atoms with E-state index in [1.165, 1.54) is 116 Å². The van der Waals surface area contributed by atoms with Crippen molar-refractivity contribution in [1.29, 1.82) is 0 Å². The summed E-state index contributed by atoms with van der Waals surface area (Å²) in [5, 5.41) is 42.0. The van der Waals surface area contributed by atoms with Gasteiger partial charge < -0.3 is 51.0 Å². The number of hydrogen-bond donors (Lipinski definition) is 7. The normalized spacial score (nSPS) is 18.3. The van der Waals surface area contributed by atoms with Crippen molar-refractivity contribution in [3.8, 4) is 0 Å². The molecule has 0 radical (unpaired) electrons. The topological polar surface area (TPSA) is 216 Å². The maximum Gasteiger partial charge on any atom is 0.408 e. The molecule has 0 spiro atoms. The summed E-state index contributed by atoms with van der Waals surface area (Å²) in [4.78, 5) is 65.4. The average Bonchev–Trinajstić information content (AvgIpc) is 3.30. The molecule has 0 saturated carbocycles. The van der Waals surface area contributed by atoms with Gasteiger partial charge in [0.1, 0.15) is 36.5 Å². The Labute approximate surface area is 411 Å². The minimum absolute atomic E-state index is 0.196. The number of nitrogens with one attached hydrogen (secondary N) is 4. The molecule has 68 heavy (non-hydrogen) atoms. The van der Waals surface area contributed by atoms with E-state index in [1.807, 2.05) is 0 Å². The summed E-state index contributed by atoms with van der Waals surface area (Å²) in [7, 11) is 0. The number of allylic oxidation sites excluding steroid dienone is 2. The smallest absolute Gasteiger partial charge is 0.408 e. The average molecular weight is 966 g/mol. The summed E-state index contributed by atoms with van der Waals surface area (Å²) in [6.07, 6.45) is 32.6. The van der Waals surface area contributed by atoms with Crippen molar-refractivity contribution in [2.24, 2.45) is 0 Å². The van der Waals surface area contributed by atoms with Gasteiger partial charge in [-0.1, -0.05) is 174 Å². The van der Waals surface area contributed by atoms with Crippen LogP contribution in [0.15, 0.2) is 12.2 Å². The summed E-state index contributed by atoms with van der Waals surface area (Å²) in [5.74, 6) is -2.26. The standard InChI is InChI=1S/C53H99N5O10/c1-6-8-10-12-14-16-18-20-22-24-26-28-30-32-34-36-38-58(47(63)37-35-33-31-29-27-25-23-21-19-17-15-13-11-9-7-2)51-48(50(65)49(64)43(42-59)67-51)57-46(62)41-55-44(60)39-54-45(61)40-56-52(66)68-53(3,4)5/h21,23,43,48-51,59,64-65H,6-20,22,24-42H2,1-5H3,(H,54,61)(H,55,60)(H,56,66)(H,57,62)/t43-,48-,49-,50-,51-/m1/s1. The van der Waals surface area contributed by atoms with Crippen LogP contribution in [0.4, 0.5) is 4.79 Å². The summed E-state index contributed by atoms with van der Waals surface area (Å²) in [6.45, 7) is 7.79. The van der Waals surface area contributed by atoms with Crippen LogP contribution in [0.25, 0.3) is 0 Å². The molecular formula is C53H99N5O10. The number of amides is 5. The molecule has 0 bridgehead atoms. The minimum atomic E-state index is -1.59. The van der Waals surface area contributed by atoms with Gasteiger partial charge >= 0.3 is 6.09 Å². The number of aliphatic hydroxyl groups is 3. The zero-order chi connectivity index (χ0) is 50.3. The Balaban J connectivity index is 2.79. The Bertz CT molecular complexity index is 1360. The molecule has 0 aromatic heterocycles. The lowest BCUT2D eigenvalue weighted by atomic mass is 9.94. The number of hydrogen-bond acceptors (Lipinski definition) is 10. The van der Waals surface area contributed by atoms with Crippen LogP contribution in [0, 0.1) is 0 Å². The molecule has 0 unspecified atom stereocenters. The number of ether oxygens (including phenoxy) is 2. The van der Waals surface area contributed by atoms with Gasteiger partial charge in [0.25, 0.3) is 0 Å². The van der Waals surface area contributed by atoms with E-state index in [9.17, 15) is 39.3 Å². The molecule has 15 heteroatoms. The molecule has 1 saturated heterocycles. The van der Waals surface area contributed by atoms with Crippen molar-refractivity contribution in [3.63, 3.8) is 0 Å². The number of carbonyl (C=O) groups is 5. The third-order valence-corrected chi connectivity index (χ3v) is 12.4. The highest BCUT2D eigenvalue weighted by Crippen LogP contribution is 2.26. The first-order valence-corrected chi connectivity index (χ1v) is 27.1. The van der Waals surface area contributed by atoms with Crippen LogP contribution in [-0.4, -0.2) is 119 Å². The molecule has 396 valence electrons. The largest absolute Gasteiger partial charge is 0.444 e. The van der Waals surface area contributed by atoms with Crippen LogP contribution in [0.2, 0.25) is 0 Å². The van der Waals surface area contributed by atoms with E-state index < -0.39 is 86.2 Å². The van der Waals surface area contributed by atoms with Crippen LogP contribution in [0.1, 0.15) is 227 Å². The number of nitrogens with zero attached hydrogens (tertiary/aromatic N) is 1. The molecule has 1 fully saturated rings. The van der Waals surface area contributed by atoms with Gasteiger partial charge in [-0.25, -0.2) is 4.79 Å². The Kier molecular flexibility index (Phi) is 37.3. The maximum atomic E-state index is 14.1. The van der Waals surface area contributed by atoms with Gasteiger partial charge in [0.2, 0.25) is 23.6 Å². The molecule has 0 aromatic carbocycles. The fourth-order valence-electron chi connectivity index (χ4n) is 8.42. The number of carbonyl (C=O) groups excluding carboxylic acids is 5. The van der Waals surface area contributed by atoms with E-state index >= 15 is 0 Å². The van der Waals surface area contributed by atoms with Crippen LogP contribution >= 0.6 is 0 Å². The van der Waals surface area contributed by atoms with E-state index in [-0.39, 0.29) is 12.3 Å². The van der Waals surface area contributed by atoms with Crippen molar-refractivity contribution in [3.05, 3.63) is 12.2 Å². The molecule has 15 nitrogen and oxygen atoms in total. The number of rotatable bonds is 41. The predicted molar refractivity (Wildman–Crippen MR) is 271 cm³/mol. The minimum Gasteiger partial charge on any atom is -0.444 e. The molecule has 1 aliphatic heterocycles. The van der Waals surface area contributed by atoms with Crippen LogP contribution in [0.3, 0.4) is 0 Å². The first-order chi connectivity index (χ1) is 32.7. The maximum absolute atomic E-state index is 14.1. The van der Waals surface area contributed by atoms with Crippen LogP contribution in [-0.2, 0) is 28.7 Å². The van der Waals surface area contributed by atoms with E-state index in [0.717, 1.165) is 57.8 Å². The van der Waals surface area contributed by atoms with Gasteiger partial charge in [-0.2, -0.15) is 0 Å². The third-order valence-electron chi connectivity index (χ3n) is 12.4. The fourth-order valence-corrected chi connectivity index (χ4v) is 8.42. The van der Waals surface area contributed by atoms with Gasteiger partial charge in [0, 0.05) is 13.0 Å². The van der Waals surface area contributed by atoms with Gasteiger partial charge in [0.05, 0.1) is 19.7 Å². The SMILES string of the molecule is CCCCCCCCC=CCCCCCCCC(=O)N(CCCCCCCCCCCCCCCCCC)[C@@H]1O[C@H](CO)[C@@H](O)[C@H](O)[C@H]1NC(=O)CNC(=O)CNC(=O)CNC(=O)OC(C)(C)C. The van der Waals surface area contributed by atoms with Gasteiger partial charge in [0.15, 0.2) is 6.23 Å². The molecular weight excluding hydrogens is 867 g/mol. The highest BCUT2D eigenvalue weighted by atomic mass is 16.6. The fraction of sp³-hybridized carbons (Fsp3) is 0.868. The third kappa shape index (κ3) is 32.5. The lowest BCUT2D eigenvalue weighted by Crippen LogP contribution is -2.69. The van der Waals surface area contributed by atoms with E-state index in [4.69, 9.17) is 9.47 Å². The lowest BCUT2D eigenvalue weighted by Gasteiger charge is -2.47. The van der Waals surface area contributed by atoms with Crippen molar-refractivity contribution < 1.29 is 48.8 Å². The summed E-state index contributed by atoms with van der Waals surface area (Å²) < 4.78 is 11.2. The molecule has 1 aliphatic rings. The summed E-state index contributed by atoms with van der Waals surface area (Å²) >= 11 is 0. The molecule has 1 rings (SSSR count). The van der Waals surface area contributed by atoms with Crippen molar-refractivity contribution in [2.75, 3.05) is 32.8 Å². The van der Waals surface area contributed by atoms with Crippen molar-refractivity contribution in [1.82, 2.24) is 26.2 Å². The second kappa shape index (κ2) is 40.5. The molecule has 7 N–H and O–H groups in total. The van der Waals surface area contributed by atoms with E-state index in [1.54, 1.807) is 25.7 Å². The highest BCUT2D eigenvalue weighted by molar-refractivity contribution is 5.89.